The molecule has 0 spiro atoms. The predicted molar refractivity (Wildman–Crippen MR) is 203 cm³/mol. The first kappa shape index (κ1) is 35.8. The fraction of sp³-hybridized carbons (Fsp3) is 0.366. The molecule has 0 radical (unpaired) electrons. The van der Waals surface area contributed by atoms with Crippen LogP contribution in [-0.4, -0.2) is 86.6 Å². The standard InChI is InChI=1S/C41H45N5O7/c1-5-25-13-29-19-43-33-17-38(36(49-3)15-31(33)40(47)45(29)21-25)52-23-27-8-9-35(51-11-7-10-42)28(12-27)24-53-39-18-34-32(16-37(39)50-4)41(48)46-22-26(6-2)14-30(46)20-44-34/h5-6,8-9,12,15-20,29-30H,7,10-11,13-14,21-24,42H2,1-4H3/t29-,30-/m0/s1. The van der Waals surface area contributed by atoms with Crippen LogP contribution in [0, 0.1) is 0 Å². The van der Waals surface area contributed by atoms with Crippen molar-refractivity contribution in [2.24, 2.45) is 15.7 Å². The molecule has 53 heavy (non-hydrogen) atoms. The Bertz CT molecular complexity index is 2040. The molecular weight excluding hydrogens is 674 g/mol. The molecule has 12 heteroatoms. The van der Waals surface area contributed by atoms with Gasteiger partial charge in [-0.05, 0) is 69.5 Å². The lowest BCUT2D eigenvalue weighted by atomic mass is 10.1. The molecule has 12 nitrogen and oxygen atoms in total. The summed E-state index contributed by atoms with van der Waals surface area (Å²) in [5.74, 6) is 2.30. The number of nitrogens with two attached hydrogens (primary N) is 1. The molecule has 0 bridgehead atoms. The number of carbonyl (C=O) groups excluding carboxylic acids is 2. The Labute approximate surface area is 309 Å². The molecular formula is C41H45N5O7. The smallest absolute Gasteiger partial charge is 0.257 e. The van der Waals surface area contributed by atoms with Crippen molar-refractivity contribution in [1.29, 1.82) is 0 Å². The molecule has 3 aromatic rings. The molecule has 0 aromatic heterocycles. The minimum Gasteiger partial charge on any atom is -0.493 e. The molecule has 2 fully saturated rings. The number of hydrogen-bond acceptors (Lipinski definition) is 10. The van der Waals surface area contributed by atoms with Crippen LogP contribution in [0.15, 0.2) is 75.7 Å². The van der Waals surface area contributed by atoms with E-state index in [0.717, 1.165) is 24.0 Å². The maximum absolute atomic E-state index is 13.6. The van der Waals surface area contributed by atoms with Crippen LogP contribution in [0.5, 0.6) is 28.7 Å². The van der Waals surface area contributed by atoms with Crippen molar-refractivity contribution >= 4 is 35.6 Å². The fourth-order valence-electron chi connectivity index (χ4n) is 7.09. The van der Waals surface area contributed by atoms with Gasteiger partial charge in [0.25, 0.3) is 11.8 Å². The van der Waals surface area contributed by atoms with Gasteiger partial charge in [-0.25, -0.2) is 0 Å². The minimum atomic E-state index is -0.0833. The third-order valence-corrected chi connectivity index (χ3v) is 10.1. The number of ether oxygens (including phenoxy) is 5. The maximum atomic E-state index is 13.6. The number of carbonyl (C=O) groups is 2. The van der Waals surface area contributed by atoms with Crippen molar-refractivity contribution in [2.75, 3.05) is 40.5 Å². The molecule has 4 heterocycles. The van der Waals surface area contributed by atoms with Crippen LogP contribution in [0.4, 0.5) is 11.4 Å². The molecule has 0 aliphatic carbocycles. The largest absolute Gasteiger partial charge is 0.493 e. The van der Waals surface area contributed by atoms with Crippen LogP contribution in [0.3, 0.4) is 0 Å². The first-order valence-electron chi connectivity index (χ1n) is 18.0. The van der Waals surface area contributed by atoms with E-state index >= 15 is 0 Å². The van der Waals surface area contributed by atoms with Crippen molar-refractivity contribution in [3.8, 4) is 28.7 Å². The van der Waals surface area contributed by atoms with Gasteiger partial charge in [0.15, 0.2) is 23.0 Å². The van der Waals surface area contributed by atoms with Gasteiger partial charge in [0.2, 0.25) is 0 Å². The molecule has 7 rings (SSSR count). The van der Waals surface area contributed by atoms with E-state index in [9.17, 15) is 9.59 Å². The van der Waals surface area contributed by atoms with Crippen LogP contribution < -0.4 is 29.4 Å². The fourth-order valence-corrected chi connectivity index (χ4v) is 7.09. The first-order valence-corrected chi connectivity index (χ1v) is 18.0. The van der Waals surface area contributed by atoms with Gasteiger partial charge in [-0.15, -0.1) is 0 Å². The minimum absolute atomic E-state index is 0.0758. The van der Waals surface area contributed by atoms with Crippen LogP contribution in [0.25, 0.3) is 0 Å². The van der Waals surface area contributed by atoms with Crippen LogP contribution in [0.2, 0.25) is 0 Å². The second-order valence-corrected chi connectivity index (χ2v) is 13.4. The highest BCUT2D eigenvalue weighted by molar-refractivity contribution is 6.04. The van der Waals surface area contributed by atoms with Gasteiger partial charge in [0.1, 0.15) is 19.0 Å². The second-order valence-electron chi connectivity index (χ2n) is 13.4. The summed E-state index contributed by atoms with van der Waals surface area (Å²) < 4.78 is 30.1. The van der Waals surface area contributed by atoms with Crippen molar-refractivity contribution in [2.45, 2.75) is 58.4 Å². The van der Waals surface area contributed by atoms with Gasteiger partial charge < -0.3 is 39.2 Å². The molecule has 4 aliphatic heterocycles. The number of amides is 2. The lowest BCUT2D eigenvalue weighted by Crippen LogP contribution is -2.35. The Morgan fingerprint density at radius 3 is 1.77 bits per heavy atom. The topological polar surface area (TPSA) is 138 Å². The summed E-state index contributed by atoms with van der Waals surface area (Å²) in [6, 6.07) is 12.6. The Balaban J connectivity index is 1.11. The lowest BCUT2D eigenvalue weighted by Gasteiger charge is -2.20. The normalized spacial score (nSPS) is 20.2. The molecule has 3 aromatic carbocycles. The van der Waals surface area contributed by atoms with Gasteiger partial charge in [0, 0.05) is 43.2 Å². The molecule has 2 N–H and O–H groups in total. The summed E-state index contributed by atoms with van der Waals surface area (Å²) in [4.78, 5) is 40.2. The van der Waals surface area contributed by atoms with Crippen molar-refractivity contribution in [3.63, 3.8) is 0 Å². The maximum Gasteiger partial charge on any atom is 0.257 e. The monoisotopic (exact) mass is 719 g/mol. The molecule has 276 valence electrons. The van der Waals surface area contributed by atoms with Crippen molar-refractivity contribution < 1.29 is 33.3 Å². The summed E-state index contributed by atoms with van der Waals surface area (Å²) in [5, 5.41) is 0. The summed E-state index contributed by atoms with van der Waals surface area (Å²) in [7, 11) is 3.11. The van der Waals surface area contributed by atoms with Gasteiger partial charge in [-0.2, -0.15) is 0 Å². The number of hydrogen-bond donors (Lipinski definition) is 1. The van der Waals surface area contributed by atoms with E-state index in [1.54, 1.807) is 38.5 Å². The zero-order chi connectivity index (χ0) is 37.1. The SMILES string of the molecule is CC=C1C[C@H]2C=Nc3cc(OCc4ccc(OCCCN)c(COc5cc6c(cc5OC)C(=O)N5CC(=CC)C[C@H]5C=N6)c4)c(OC)cc3C(=O)N2C1. The number of benzene rings is 3. The van der Waals surface area contributed by atoms with E-state index in [-0.39, 0.29) is 37.1 Å². The van der Waals surface area contributed by atoms with E-state index < -0.39 is 0 Å². The average Bonchev–Trinajstić information content (AvgIpc) is 3.75. The van der Waals surface area contributed by atoms with Crippen molar-refractivity contribution in [1.82, 2.24) is 9.80 Å². The van der Waals surface area contributed by atoms with Gasteiger partial charge in [0.05, 0.1) is 55.4 Å². The molecule has 0 saturated carbocycles. The molecule has 2 atom stereocenters. The van der Waals surface area contributed by atoms with Gasteiger partial charge >= 0.3 is 0 Å². The highest BCUT2D eigenvalue weighted by atomic mass is 16.5. The Morgan fingerprint density at radius 1 is 0.717 bits per heavy atom. The number of fused-ring (bicyclic) bond motifs is 4. The summed E-state index contributed by atoms with van der Waals surface area (Å²) in [6.07, 6.45) is 10.1. The van der Waals surface area contributed by atoms with Gasteiger partial charge in [-0.1, -0.05) is 29.4 Å². The number of allylic oxidation sites excluding steroid dienone is 2. The third kappa shape index (κ3) is 7.23. The van der Waals surface area contributed by atoms with E-state index in [0.29, 0.717) is 83.9 Å². The van der Waals surface area contributed by atoms with E-state index in [1.165, 1.54) is 11.1 Å². The number of rotatable bonds is 12. The zero-order valence-corrected chi connectivity index (χ0v) is 30.6. The number of nitrogens with zero attached hydrogens (tertiary/aromatic N) is 4. The van der Waals surface area contributed by atoms with Crippen LogP contribution >= 0.6 is 0 Å². The Morgan fingerprint density at radius 2 is 1.26 bits per heavy atom. The lowest BCUT2D eigenvalue weighted by molar-refractivity contribution is 0.0769. The molecule has 2 saturated heterocycles. The predicted octanol–water partition coefficient (Wildman–Crippen LogP) is 6.34. The third-order valence-electron chi connectivity index (χ3n) is 10.1. The Hall–Kier alpha value is -5.62. The highest BCUT2D eigenvalue weighted by Gasteiger charge is 2.36. The van der Waals surface area contributed by atoms with Crippen LogP contribution in [0.1, 0.15) is 65.0 Å². The molecule has 4 aliphatic rings. The van der Waals surface area contributed by atoms with E-state index in [2.05, 4.69) is 12.2 Å². The van der Waals surface area contributed by atoms with E-state index in [1.807, 2.05) is 54.3 Å². The van der Waals surface area contributed by atoms with Gasteiger partial charge in [-0.3, -0.25) is 19.6 Å². The molecule has 2 amide bonds. The van der Waals surface area contributed by atoms with Crippen molar-refractivity contribution in [3.05, 3.63) is 88.0 Å². The van der Waals surface area contributed by atoms with E-state index in [4.69, 9.17) is 39.4 Å². The highest BCUT2D eigenvalue weighted by Crippen LogP contribution is 2.41. The second kappa shape index (κ2) is 15.5. The number of aliphatic imine (C=N–C) groups is 2. The first-order chi connectivity index (χ1) is 25.8. The number of methoxy groups -OCH3 is 2. The summed E-state index contributed by atoms with van der Waals surface area (Å²) >= 11 is 0. The average molecular weight is 720 g/mol. The quantitative estimate of drug-likeness (QED) is 0.169. The molecule has 0 unspecified atom stereocenters. The van der Waals surface area contributed by atoms with Crippen LogP contribution in [-0.2, 0) is 13.2 Å². The Kier molecular flexibility index (Phi) is 10.5. The summed E-state index contributed by atoms with van der Waals surface area (Å²) in [5.41, 5.74) is 11.8. The summed E-state index contributed by atoms with van der Waals surface area (Å²) in [6.45, 7) is 6.47. The zero-order valence-electron chi connectivity index (χ0n) is 30.6.